The number of hydrogen-bond donors (Lipinski definition) is 1. The molecule has 1 aliphatic heterocycles. The Kier molecular flexibility index (Phi) is 5.96. The maximum absolute atomic E-state index is 13.1. The molecule has 2 amide bonds. The van der Waals surface area contributed by atoms with E-state index in [1.54, 1.807) is 49.6 Å². The van der Waals surface area contributed by atoms with Crippen molar-refractivity contribution in [2.24, 2.45) is 5.92 Å². The van der Waals surface area contributed by atoms with Crippen LogP contribution in [0, 0.1) is 5.92 Å². The molecule has 0 fully saturated rings. The van der Waals surface area contributed by atoms with E-state index in [9.17, 15) is 9.59 Å². The van der Waals surface area contributed by atoms with Gasteiger partial charge in [0.1, 0.15) is 11.4 Å². The molecular weight excluding hydrogens is 399 g/mol. The van der Waals surface area contributed by atoms with Crippen molar-refractivity contribution in [1.82, 2.24) is 4.90 Å². The number of amides is 2. The highest BCUT2D eigenvalue weighted by atomic mass is 35.5. The van der Waals surface area contributed by atoms with Crippen LogP contribution in [-0.4, -0.2) is 30.4 Å². The van der Waals surface area contributed by atoms with Gasteiger partial charge in [-0.15, -0.1) is 0 Å². The second kappa shape index (κ2) is 8.25. The van der Waals surface area contributed by atoms with Gasteiger partial charge in [0.05, 0.1) is 17.7 Å². The molecule has 0 aliphatic carbocycles. The zero-order valence-corrected chi connectivity index (χ0v) is 17.3. The lowest BCUT2D eigenvalue weighted by atomic mass is 10.0. The van der Waals surface area contributed by atoms with Crippen LogP contribution in [0.4, 0.5) is 5.69 Å². The molecule has 0 aromatic heterocycles. The maximum Gasteiger partial charge on any atom is 0.278 e. The van der Waals surface area contributed by atoms with Crippen LogP contribution < -0.4 is 10.1 Å². The Hall–Kier alpha value is -2.50. The number of anilines is 1. The third kappa shape index (κ3) is 4.01. The minimum atomic E-state index is -0.379. The fraction of sp³-hybridized carbons (Fsp3) is 0.238. The number of methoxy groups -OCH3 is 1. The van der Waals surface area contributed by atoms with E-state index in [1.165, 1.54) is 4.90 Å². The van der Waals surface area contributed by atoms with Gasteiger partial charge in [-0.25, -0.2) is 0 Å². The van der Waals surface area contributed by atoms with E-state index in [-0.39, 0.29) is 29.0 Å². The molecule has 146 valence electrons. The first-order chi connectivity index (χ1) is 13.3. The fourth-order valence-electron chi connectivity index (χ4n) is 2.98. The molecule has 0 bridgehead atoms. The molecule has 28 heavy (non-hydrogen) atoms. The predicted molar refractivity (Wildman–Crippen MR) is 112 cm³/mol. The van der Waals surface area contributed by atoms with Crippen molar-refractivity contribution in [2.45, 2.75) is 13.8 Å². The topological polar surface area (TPSA) is 58.6 Å². The second-order valence-corrected chi connectivity index (χ2v) is 7.69. The van der Waals surface area contributed by atoms with E-state index in [1.807, 2.05) is 13.8 Å². The molecule has 1 heterocycles. The summed E-state index contributed by atoms with van der Waals surface area (Å²) in [6.07, 6.45) is 0. The Morgan fingerprint density at radius 2 is 1.71 bits per heavy atom. The molecule has 0 atom stereocenters. The van der Waals surface area contributed by atoms with E-state index in [2.05, 4.69) is 5.32 Å². The van der Waals surface area contributed by atoms with Gasteiger partial charge in [-0.3, -0.25) is 14.5 Å². The highest BCUT2D eigenvalue weighted by Gasteiger charge is 2.40. The van der Waals surface area contributed by atoms with Gasteiger partial charge in [-0.1, -0.05) is 43.1 Å². The van der Waals surface area contributed by atoms with Gasteiger partial charge < -0.3 is 10.1 Å². The van der Waals surface area contributed by atoms with E-state index in [0.717, 1.165) is 0 Å². The largest absolute Gasteiger partial charge is 0.497 e. The molecular formula is C21H20Cl2N2O3. The Balaban J connectivity index is 2.07. The number of carbonyl (C=O) groups excluding carboxylic acids is 2. The summed E-state index contributed by atoms with van der Waals surface area (Å²) >= 11 is 12.3. The Bertz CT molecular complexity index is 953. The quantitative estimate of drug-likeness (QED) is 0.681. The van der Waals surface area contributed by atoms with Gasteiger partial charge in [-0.2, -0.15) is 0 Å². The first-order valence-electron chi connectivity index (χ1n) is 8.78. The van der Waals surface area contributed by atoms with Crippen LogP contribution in [-0.2, 0) is 9.59 Å². The van der Waals surface area contributed by atoms with Crippen LogP contribution in [0.15, 0.2) is 48.2 Å². The van der Waals surface area contributed by atoms with Crippen molar-refractivity contribution in [3.63, 3.8) is 0 Å². The molecule has 7 heteroatoms. The summed E-state index contributed by atoms with van der Waals surface area (Å²) in [7, 11) is 1.58. The summed E-state index contributed by atoms with van der Waals surface area (Å²) in [6.45, 7) is 4.22. The van der Waals surface area contributed by atoms with E-state index >= 15 is 0 Å². The Morgan fingerprint density at radius 3 is 2.29 bits per heavy atom. The van der Waals surface area contributed by atoms with Crippen molar-refractivity contribution >= 4 is 46.3 Å². The van der Waals surface area contributed by atoms with Crippen LogP contribution in [0.25, 0.3) is 5.57 Å². The summed E-state index contributed by atoms with van der Waals surface area (Å²) in [4.78, 5) is 27.4. The first-order valence-corrected chi connectivity index (χ1v) is 9.54. The van der Waals surface area contributed by atoms with Gasteiger partial charge in [0.15, 0.2) is 0 Å². The molecule has 0 saturated carbocycles. The zero-order valence-electron chi connectivity index (χ0n) is 15.8. The molecule has 3 rings (SSSR count). The average Bonchev–Trinajstić information content (AvgIpc) is 2.87. The van der Waals surface area contributed by atoms with Crippen molar-refractivity contribution < 1.29 is 14.3 Å². The standard InChI is InChI=1S/C21H20Cl2N2O3/c1-12(2)11-25-20(26)18(16-9-4-13(22)10-17(16)23)19(21(25)27)24-14-5-7-15(28-3)8-6-14/h4-10,12,24H,11H2,1-3H3. The molecule has 2 aromatic rings. The number of halogens is 2. The number of benzene rings is 2. The minimum absolute atomic E-state index is 0.134. The van der Waals surface area contributed by atoms with Crippen LogP contribution in [0.5, 0.6) is 5.75 Å². The lowest BCUT2D eigenvalue weighted by molar-refractivity contribution is -0.137. The SMILES string of the molecule is COc1ccc(NC2=C(c3ccc(Cl)cc3Cl)C(=O)N(CC(C)C)C2=O)cc1. The highest BCUT2D eigenvalue weighted by Crippen LogP contribution is 2.35. The first kappa shape index (κ1) is 20.2. The second-order valence-electron chi connectivity index (χ2n) is 6.84. The van der Waals surface area contributed by atoms with E-state index in [0.29, 0.717) is 33.6 Å². The number of ether oxygens (including phenoxy) is 1. The molecule has 2 aromatic carbocycles. The molecule has 0 unspecified atom stereocenters. The number of rotatable bonds is 6. The number of nitrogens with zero attached hydrogens (tertiary/aromatic N) is 1. The number of imide groups is 1. The smallest absolute Gasteiger partial charge is 0.278 e. The summed E-state index contributed by atoms with van der Waals surface area (Å²) in [6, 6.07) is 11.9. The summed E-state index contributed by atoms with van der Waals surface area (Å²) < 4.78 is 5.16. The third-order valence-corrected chi connectivity index (χ3v) is 4.82. The summed E-state index contributed by atoms with van der Waals surface area (Å²) in [5, 5.41) is 3.85. The van der Waals surface area contributed by atoms with Crippen LogP contribution in [0.2, 0.25) is 10.0 Å². The maximum atomic E-state index is 13.1. The normalized spacial score (nSPS) is 14.3. The highest BCUT2D eigenvalue weighted by molar-refractivity contribution is 6.41. The number of nitrogens with one attached hydrogen (secondary N) is 1. The monoisotopic (exact) mass is 418 g/mol. The minimum Gasteiger partial charge on any atom is -0.497 e. The third-order valence-electron chi connectivity index (χ3n) is 4.28. The lowest BCUT2D eigenvalue weighted by Gasteiger charge is -2.17. The number of carbonyl (C=O) groups is 2. The molecule has 0 radical (unpaired) electrons. The van der Waals surface area contributed by atoms with Crippen molar-refractivity contribution in [1.29, 1.82) is 0 Å². The van der Waals surface area contributed by atoms with Gasteiger partial charge in [0, 0.05) is 22.8 Å². The summed E-state index contributed by atoms with van der Waals surface area (Å²) in [5.74, 6) is 0.0698. The average molecular weight is 419 g/mol. The Morgan fingerprint density at radius 1 is 1.04 bits per heavy atom. The van der Waals surface area contributed by atoms with E-state index in [4.69, 9.17) is 27.9 Å². The van der Waals surface area contributed by atoms with Crippen molar-refractivity contribution in [2.75, 3.05) is 19.0 Å². The molecule has 1 N–H and O–H groups in total. The van der Waals surface area contributed by atoms with Crippen LogP contribution >= 0.6 is 23.2 Å². The van der Waals surface area contributed by atoms with Gasteiger partial charge in [0.25, 0.3) is 11.8 Å². The van der Waals surface area contributed by atoms with Crippen molar-refractivity contribution in [3.8, 4) is 5.75 Å². The van der Waals surface area contributed by atoms with Crippen LogP contribution in [0.1, 0.15) is 19.4 Å². The van der Waals surface area contributed by atoms with Gasteiger partial charge in [-0.05, 0) is 42.3 Å². The predicted octanol–water partition coefficient (Wildman–Crippen LogP) is 4.85. The zero-order chi connectivity index (χ0) is 20.4. The van der Waals surface area contributed by atoms with E-state index < -0.39 is 0 Å². The lowest BCUT2D eigenvalue weighted by Crippen LogP contribution is -2.35. The fourth-order valence-corrected chi connectivity index (χ4v) is 3.49. The van der Waals surface area contributed by atoms with Gasteiger partial charge >= 0.3 is 0 Å². The molecule has 0 saturated heterocycles. The van der Waals surface area contributed by atoms with Gasteiger partial charge in [0.2, 0.25) is 0 Å². The molecule has 0 spiro atoms. The number of hydrogen-bond acceptors (Lipinski definition) is 4. The Labute approximate surface area is 173 Å². The molecule has 1 aliphatic rings. The van der Waals surface area contributed by atoms with Crippen LogP contribution in [0.3, 0.4) is 0 Å². The molecule has 5 nitrogen and oxygen atoms in total. The van der Waals surface area contributed by atoms with Crippen molar-refractivity contribution in [3.05, 3.63) is 63.8 Å². The summed E-state index contributed by atoms with van der Waals surface area (Å²) in [5.41, 5.74) is 1.56.